The maximum Gasteiger partial charge on any atom is 0.123 e. The van der Waals surface area contributed by atoms with Crippen molar-refractivity contribution in [2.45, 2.75) is 6.54 Å². The van der Waals surface area contributed by atoms with Crippen molar-refractivity contribution in [1.29, 1.82) is 0 Å². The van der Waals surface area contributed by atoms with Crippen LogP contribution in [0.1, 0.15) is 5.56 Å². The van der Waals surface area contributed by atoms with Crippen LogP contribution in [0.25, 0.3) is 11.1 Å². The second-order valence-electron chi connectivity index (χ2n) is 3.63. The highest BCUT2D eigenvalue weighted by Crippen LogP contribution is 2.32. The fraction of sp³-hybridized carbons (Fsp3) is 0.0769. The molecule has 0 spiro atoms. The zero-order valence-corrected chi connectivity index (χ0v) is 10.4. The lowest BCUT2D eigenvalue weighted by Gasteiger charge is -2.11. The zero-order chi connectivity index (χ0) is 12.4. The molecule has 1 nitrogen and oxygen atoms in total. The van der Waals surface area contributed by atoms with Crippen LogP contribution in [0, 0.1) is 5.82 Å². The third-order valence-corrected chi connectivity index (χ3v) is 3.06. The molecule has 0 radical (unpaired) electrons. The summed E-state index contributed by atoms with van der Waals surface area (Å²) in [7, 11) is 0. The Morgan fingerprint density at radius 1 is 1.12 bits per heavy atom. The molecule has 0 saturated heterocycles. The highest BCUT2D eigenvalue weighted by molar-refractivity contribution is 6.35. The van der Waals surface area contributed by atoms with E-state index in [1.54, 1.807) is 24.3 Å². The molecule has 2 aromatic carbocycles. The lowest BCUT2D eigenvalue weighted by Crippen LogP contribution is -2.00. The monoisotopic (exact) mass is 269 g/mol. The minimum atomic E-state index is -0.304. The third kappa shape index (κ3) is 2.60. The van der Waals surface area contributed by atoms with Crippen LogP contribution in [0.2, 0.25) is 10.0 Å². The van der Waals surface area contributed by atoms with Gasteiger partial charge >= 0.3 is 0 Å². The lowest BCUT2D eigenvalue weighted by molar-refractivity contribution is 0.628. The summed E-state index contributed by atoms with van der Waals surface area (Å²) >= 11 is 12.0. The average molecular weight is 270 g/mol. The van der Waals surface area contributed by atoms with E-state index in [0.29, 0.717) is 10.0 Å². The van der Waals surface area contributed by atoms with Crippen LogP contribution < -0.4 is 5.73 Å². The molecule has 0 saturated carbocycles. The second kappa shape index (κ2) is 5.05. The summed E-state index contributed by atoms with van der Waals surface area (Å²) in [5, 5.41) is 1.01. The van der Waals surface area contributed by atoms with E-state index >= 15 is 0 Å². The number of hydrogen-bond donors (Lipinski definition) is 1. The average Bonchev–Trinajstić information content (AvgIpc) is 2.28. The molecule has 0 fully saturated rings. The molecule has 0 aliphatic carbocycles. The first-order chi connectivity index (χ1) is 8.11. The maximum atomic E-state index is 13.2. The van der Waals surface area contributed by atoms with Gasteiger partial charge in [0.15, 0.2) is 0 Å². The SMILES string of the molecule is NCc1c(Cl)cc(Cl)cc1-c1cccc(F)c1. The highest BCUT2D eigenvalue weighted by atomic mass is 35.5. The van der Waals surface area contributed by atoms with Crippen molar-refractivity contribution in [3.05, 3.63) is 57.8 Å². The molecule has 0 bridgehead atoms. The van der Waals surface area contributed by atoms with Gasteiger partial charge in [-0.2, -0.15) is 0 Å². The molecule has 17 heavy (non-hydrogen) atoms. The van der Waals surface area contributed by atoms with E-state index < -0.39 is 0 Å². The largest absolute Gasteiger partial charge is 0.326 e. The second-order valence-corrected chi connectivity index (χ2v) is 4.47. The number of nitrogens with two attached hydrogens (primary N) is 1. The van der Waals surface area contributed by atoms with Gasteiger partial charge in [-0.15, -0.1) is 0 Å². The van der Waals surface area contributed by atoms with Crippen molar-refractivity contribution in [1.82, 2.24) is 0 Å². The zero-order valence-electron chi connectivity index (χ0n) is 8.88. The number of halogens is 3. The predicted octanol–water partition coefficient (Wildman–Crippen LogP) is 4.26. The summed E-state index contributed by atoms with van der Waals surface area (Å²) in [5.74, 6) is -0.304. The van der Waals surface area contributed by atoms with Gasteiger partial charge in [0.25, 0.3) is 0 Å². The normalized spacial score (nSPS) is 10.6. The Labute approximate surface area is 109 Å². The Balaban J connectivity index is 2.65. The first kappa shape index (κ1) is 12.4. The minimum absolute atomic E-state index is 0.280. The van der Waals surface area contributed by atoms with E-state index in [9.17, 15) is 4.39 Å². The first-order valence-electron chi connectivity index (χ1n) is 5.05. The predicted molar refractivity (Wildman–Crippen MR) is 69.7 cm³/mol. The fourth-order valence-corrected chi connectivity index (χ4v) is 2.30. The molecule has 0 aromatic heterocycles. The van der Waals surface area contributed by atoms with Crippen molar-refractivity contribution in [3.63, 3.8) is 0 Å². The molecular formula is C13H10Cl2FN. The minimum Gasteiger partial charge on any atom is -0.326 e. The van der Waals surface area contributed by atoms with Crippen LogP contribution in [-0.2, 0) is 6.54 Å². The Morgan fingerprint density at radius 2 is 1.88 bits per heavy atom. The smallest absolute Gasteiger partial charge is 0.123 e. The van der Waals surface area contributed by atoms with E-state index in [-0.39, 0.29) is 12.4 Å². The van der Waals surface area contributed by atoms with E-state index in [4.69, 9.17) is 28.9 Å². The van der Waals surface area contributed by atoms with E-state index in [1.807, 2.05) is 0 Å². The van der Waals surface area contributed by atoms with E-state index in [0.717, 1.165) is 16.7 Å². The van der Waals surface area contributed by atoms with Crippen LogP contribution in [0.4, 0.5) is 4.39 Å². The molecule has 0 atom stereocenters. The van der Waals surface area contributed by atoms with Crippen molar-refractivity contribution in [2.24, 2.45) is 5.73 Å². The molecule has 0 aliphatic heterocycles. The van der Waals surface area contributed by atoms with Crippen LogP contribution in [0.3, 0.4) is 0 Å². The standard InChI is InChI=1S/C13H10Cl2FN/c14-9-5-11(12(7-17)13(15)6-9)8-2-1-3-10(16)4-8/h1-6H,7,17H2. The van der Waals surface area contributed by atoms with Crippen LogP contribution in [-0.4, -0.2) is 0 Å². The Hall–Kier alpha value is -1.09. The molecule has 0 aliphatic rings. The molecule has 88 valence electrons. The van der Waals surface area contributed by atoms with Gasteiger partial charge in [0.2, 0.25) is 0 Å². The maximum absolute atomic E-state index is 13.2. The summed E-state index contributed by atoms with van der Waals surface area (Å²) in [6.07, 6.45) is 0. The topological polar surface area (TPSA) is 26.0 Å². The van der Waals surface area contributed by atoms with Crippen molar-refractivity contribution < 1.29 is 4.39 Å². The number of benzene rings is 2. The van der Waals surface area contributed by atoms with Gasteiger partial charge in [-0.3, -0.25) is 0 Å². The van der Waals surface area contributed by atoms with Gasteiger partial charge < -0.3 is 5.73 Å². The van der Waals surface area contributed by atoms with Crippen molar-refractivity contribution >= 4 is 23.2 Å². The Morgan fingerprint density at radius 3 is 2.53 bits per heavy atom. The van der Waals surface area contributed by atoms with Gasteiger partial charge in [-0.1, -0.05) is 35.3 Å². The van der Waals surface area contributed by atoms with E-state index in [2.05, 4.69) is 0 Å². The van der Waals surface area contributed by atoms with Crippen molar-refractivity contribution in [2.75, 3.05) is 0 Å². The fourth-order valence-electron chi connectivity index (χ4n) is 1.72. The number of rotatable bonds is 2. The van der Waals surface area contributed by atoms with Crippen LogP contribution in [0.5, 0.6) is 0 Å². The third-order valence-electron chi connectivity index (χ3n) is 2.50. The van der Waals surface area contributed by atoms with Crippen LogP contribution >= 0.6 is 23.2 Å². The molecule has 0 unspecified atom stereocenters. The summed E-state index contributed by atoms with van der Waals surface area (Å²) in [5.41, 5.74) is 7.91. The number of hydrogen-bond acceptors (Lipinski definition) is 1. The molecule has 0 amide bonds. The van der Waals surface area contributed by atoms with Crippen molar-refractivity contribution in [3.8, 4) is 11.1 Å². The Bertz CT molecular complexity index is 555. The lowest BCUT2D eigenvalue weighted by atomic mass is 9.99. The Kier molecular flexibility index (Phi) is 3.67. The van der Waals surface area contributed by atoms with Gasteiger partial charge in [0, 0.05) is 16.6 Å². The highest BCUT2D eigenvalue weighted by Gasteiger charge is 2.10. The summed E-state index contributed by atoms with van der Waals surface area (Å²) < 4.78 is 13.2. The van der Waals surface area contributed by atoms with Gasteiger partial charge in [0.1, 0.15) is 5.82 Å². The first-order valence-corrected chi connectivity index (χ1v) is 5.81. The molecule has 2 N–H and O–H groups in total. The molecule has 4 heteroatoms. The summed E-state index contributed by atoms with van der Waals surface area (Å²) in [6, 6.07) is 9.63. The van der Waals surface area contributed by atoms with Gasteiger partial charge in [0.05, 0.1) is 0 Å². The quantitative estimate of drug-likeness (QED) is 0.866. The van der Waals surface area contributed by atoms with Crippen LogP contribution in [0.15, 0.2) is 36.4 Å². The molecule has 0 heterocycles. The van der Waals surface area contributed by atoms with E-state index in [1.165, 1.54) is 12.1 Å². The molecular weight excluding hydrogens is 260 g/mol. The molecule has 2 aromatic rings. The molecule has 2 rings (SSSR count). The summed E-state index contributed by atoms with van der Waals surface area (Å²) in [4.78, 5) is 0. The summed E-state index contributed by atoms with van der Waals surface area (Å²) in [6.45, 7) is 0.280. The van der Waals surface area contributed by atoms with Gasteiger partial charge in [-0.05, 0) is 41.0 Å². The van der Waals surface area contributed by atoms with Gasteiger partial charge in [-0.25, -0.2) is 4.39 Å².